The Bertz CT molecular complexity index is 720. The van der Waals surface area contributed by atoms with Crippen molar-refractivity contribution in [2.45, 2.75) is 6.54 Å². The van der Waals surface area contributed by atoms with Crippen molar-refractivity contribution in [1.82, 2.24) is 5.32 Å². The summed E-state index contributed by atoms with van der Waals surface area (Å²) < 4.78 is 17.6. The second-order valence-corrected chi connectivity index (χ2v) is 5.15. The van der Waals surface area contributed by atoms with Gasteiger partial charge in [-0.3, -0.25) is 4.79 Å². The van der Waals surface area contributed by atoms with Crippen molar-refractivity contribution in [1.29, 1.82) is 0 Å². The van der Waals surface area contributed by atoms with E-state index >= 15 is 0 Å². The molecular formula is C16H14ClFN2O3. The summed E-state index contributed by atoms with van der Waals surface area (Å²) in [4.78, 5) is 23.5. The fourth-order valence-electron chi connectivity index (χ4n) is 1.77. The normalized spacial score (nSPS) is 10.2. The summed E-state index contributed by atoms with van der Waals surface area (Å²) in [6, 6.07) is 10.1. The van der Waals surface area contributed by atoms with Gasteiger partial charge >= 0.3 is 5.97 Å². The fraction of sp³-hybridized carbons (Fsp3) is 0.125. The number of nitrogens with two attached hydrogens (primary N) is 1. The van der Waals surface area contributed by atoms with Crippen LogP contribution in [0.15, 0.2) is 42.5 Å². The number of anilines is 1. The van der Waals surface area contributed by atoms with Gasteiger partial charge in [-0.2, -0.15) is 0 Å². The maximum atomic E-state index is 12.8. The van der Waals surface area contributed by atoms with Crippen LogP contribution in [0.1, 0.15) is 15.9 Å². The van der Waals surface area contributed by atoms with E-state index in [9.17, 15) is 14.0 Å². The molecule has 5 nitrogen and oxygen atoms in total. The number of amides is 1. The molecule has 0 spiro atoms. The highest BCUT2D eigenvalue weighted by atomic mass is 35.5. The van der Waals surface area contributed by atoms with Crippen LogP contribution >= 0.6 is 11.6 Å². The zero-order chi connectivity index (χ0) is 16.8. The predicted molar refractivity (Wildman–Crippen MR) is 84.4 cm³/mol. The third kappa shape index (κ3) is 4.96. The summed E-state index contributed by atoms with van der Waals surface area (Å²) in [5.41, 5.74) is 6.69. The van der Waals surface area contributed by atoms with E-state index in [4.69, 9.17) is 22.1 Å². The van der Waals surface area contributed by atoms with Crippen molar-refractivity contribution in [2.24, 2.45) is 0 Å². The number of halogens is 2. The van der Waals surface area contributed by atoms with E-state index in [1.807, 2.05) is 0 Å². The second kappa shape index (κ2) is 7.60. The van der Waals surface area contributed by atoms with E-state index in [0.717, 1.165) is 5.56 Å². The molecule has 0 saturated heterocycles. The Kier molecular flexibility index (Phi) is 5.54. The lowest BCUT2D eigenvalue weighted by atomic mass is 10.2. The molecule has 7 heteroatoms. The van der Waals surface area contributed by atoms with E-state index in [1.54, 1.807) is 18.2 Å². The van der Waals surface area contributed by atoms with Crippen LogP contribution in [-0.4, -0.2) is 18.5 Å². The molecule has 2 aromatic carbocycles. The first-order valence-corrected chi connectivity index (χ1v) is 7.07. The molecule has 120 valence electrons. The molecule has 0 saturated carbocycles. The summed E-state index contributed by atoms with van der Waals surface area (Å²) in [5, 5.41) is 2.90. The molecule has 0 bridgehead atoms. The van der Waals surface area contributed by atoms with Crippen molar-refractivity contribution < 1.29 is 18.7 Å². The monoisotopic (exact) mass is 336 g/mol. The van der Waals surface area contributed by atoms with E-state index in [-0.39, 0.29) is 23.6 Å². The van der Waals surface area contributed by atoms with Crippen molar-refractivity contribution >= 4 is 29.2 Å². The number of esters is 1. The third-order valence-electron chi connectivity index (χ3n) is 2.97. The summed E-state index contributed by atoms with van der Waals surface area (Å²) in [6.45, 7) is -0.248. The first-order chi connectivity index (χ1) is 11.0. The predicted octanol–water partition coefficient (Wildman–Crippen LogP) is 2.53. The van der Waals surface area contributed by atoms with Gasteiger partial charge in [0.25, 0.3) is 5.91 Å². The Morgan fingerprint density at radius 3 is 2.57 bits per heavy atom. The van der Waals surface area contributed by atoms with Crippen molar-refractivity contribution in [3.05, 3.63) is 64.4 Å². The molecule has 0 unspecified atom stereocenters. The molecule has 2 aromatic rings. The number of rotatable bonds is 5. The van der Waals surface area contributed by atoms with E-state index in [1.165, 1.54) is 24.3 Å². The maximum Gasteiger partial charge on any atom is 0.340 e. The van der Waals surface area contributed by atoms with Gasteiger partial charge in [-0.25, -0.2) is 9.18 Å². The lowest BCUT2D eigenvalue weighted by Crippen LogP contribution is -2.28. The molecular weight excluding hydrogens is 323 g/mol. The smallest absolute Gasteiger partial charge is 0.340 e. The van der Waals surface area contributed by atoms with Crippen molar-refractivity contribution in [3.8, 4) is 0 Å². The number of carbonyl (C=O) groups excluding carboxylic acids is 2. The van der Waals surface area contributed by atoms with Gasteiger partial charge in [-0.05, 0) is 35.9 Å². The van der Waals surface area contributed by atoms with Crippen LogP contribution in [0, 0.1) is 5.82 Å². The minimum Gasteiger partial charge on any atom is -0.452 e. The molecule has 0 aromatic heterocycles. The van der Waals surface area contributed by atoms with Crippen LogP contribution in [0.4, 0.5) is 10.1 Å². The fourth-order valence-corrected chi connectivity index (χ4v) is 1.94. The van der Waals surface area contributed by atoms with Crippen LogP contribution in [0.25, 0.3) is 0 Å². The van der Waals surface area contributed by atoms with Crippen LogP contribution in [0.5, 0.6) is 0 Å². The molecule has 0 fully saturated rings. The average molecular weight is 337 g/mol. The number of carbonyl (C=O) groups is 2. The second-order valence-electron chi connectivity index (χ2n) is 4.71. The zero-order valence-electron chi connectivity index (χ0n) is 12.0. The topological polar surface area (TPSA) is 81.4 Å². The van der Waals surface area contributed by atoms with Gasteiger partial charge in [0.05, 0.1) is 5.56 Å². The quantitative estimate of drug-likeness (QED) is 0.649. The van der Waals surface area contributed by atoms with Crippen molar-refractivity contribution in [3.63, 3.8) is 0 Å². The summed E-state index contributed by atoms with van der Waals surface area (Å²) >= 11 is 5.78. The van der Waals surface area contributed by atoms with Crippen LogP contribution in [-0.2, 0) is 16.1 Å². The Labute approximate surface area is 137 Å². The number of benzene rings is 2. The molecule has 0 heterocycles. The van der Waals surface area contributed by atoms with E-state index < -0.39 is 18.5 Å². The number of nitrogens with one attached hydrogen (secondary N) is 1. The van der Waals surface area contributed by atoms with Crippen molar-refractivity contribution in [2.75, 3.05) is 12.3 Å². The molecule has 0 aliphatic carbocycles. The first-order valence-electron chi connectivity index (χ1n) is 6.69. The van der Waals surface area contributed by atoms with E-state index in [0.29, 0.717) is 5.02 Å². The molecule has 1 amide bonds. The van der Waals surface area contributed by atoms with Crippen LogP contribution < -0.4 is 11.1 Å². The molecule has 0 aliphatic heterocycles. The number of ether oxygens (including phenoxy) is 1. The molecule has 23 heavy (non-hydrogen) atoms. The Hall–Kier alpha value is -2.60. The molecule has 0 atom stereocenters. The average Bonchev–Trinajstić information content (AvgIpc) is 2.54. The van der Waals surface area contributed by atoms with Gasteiger partial charge in [0.2, 0.25) is 0 Å². The number of nitrogen functional groups attached to an aromatic ring is 1. The lowest BCUT2D eigenvalue weighted by Gasteiger charge is -2.08. The number of hydrogen-bond donors (Lipinski definition) is 2. The zero-order valence-corrected chi connectivity index (χ0v) is 12.8. The van der Waals surface area contributed by atoms with E-state index in [2.05, 4.69) is 5.32 Å². The van der Waals surface area contributed by atoms with Gasteiger partial charge < -0.3 is 15.8 Å². The maximum absolute atomic E-state index is 12.8. The minimum atomic E-state index is -0.734. The first kappa shape index (κ1) is 16.8. The molecule has 3 N–H and O–H groups in total. The SMILES string of the molecule is Nc1ccc(Cl)cc1C(=O)OCC(=O)NCc1ccc(F)cc1. The molecule has 2 rings (SSSR count). The standard InChI is InChI=1S/C16H14ClFN2O3/c17-11-3-6-14(19)13(7-11)16(22)23-9-15(21)20-8-10-1-4-12(18)5-2-10/h1-7H,8-9,19H2,(H,20,21). The lowest BCUT2D eigenvalue weighted by molar-refractivity contribution is -0.124. The molecule has 0 aliphatic rings. The Morgan fingerprint density at radius 1 is 1.17 bits per heavy atom. The van der Waals surface area contributed by atoms with Crippen LogP contribution in [0.3, 0.4) is 0 Å². The van der Waals surface area contributed by atoms with Gasteiger partial charge in [-0.15, -0.1) is 0 Å². The highest BCUT2D eigenvalue weighted by Crippen LogP contribution is 2.18. The van der Waals surface area contributed by atoms with Crippen LogP contribution in [0.2, 0.25) is 5.02 Å². The third-order valence-corrected chi connectivity index (χ3v) is 3.21. The van der Waals surface area contributed by atoms with Gasteiger partial charge in [0, 0.05) is 17.3 Å². The number of hydrogen-bond acceptors (Lipinski definition) is 4. The van der Waals surface area contributed by atoms with Gasteiger partial charge in [0.1, 0.15) is 5.82 Å². The summed E-state index contributed by atoms with van der Waals surface area (Å²) in [6.07, 6.45) is 0. The highest BCUT2D eigenvalue weighted by molar-refractivity contribution is 6.31. The van der Waals surface area contributed by atoms with Gasteiger partial charge in [-0.1, -0.05) is 23.7 Å². The highest BCUT2D eigenvalue weighted by Gasteiger charge is 2.13. The summed E-state index contributed by atoms with van der Waals surface area (Å²) in [5.74, 6) is -1.57. The molecule has 0 radical (unpaired) electrons. The van der Waals surface area contributed by atoms with Gasteiger partial charge in [0.15, 0.2) is 6.61 Å². The summed E-state index contributed by atoms with van der Waals surface area (Å²) in [7, 11) is 0. The Balaban J connectivity index is 1.83. The minimum absolute atomic E-state index is 0.101. The Morgan fingerprint density at radius 2 is 1.87 bits per heavy atom. The largest absolute Gasteiger partial charge is 0.452 e.